The van der Waals surface area contributed by atoms with Crippen LogP contribution in [0.2, 0.25) is 9.49 Å². The Morgan fingerprint density at radius 1 is 1.73 bits per heavy atom. The molecule has 1 rings (SSSR count). The molecule has 1 aromatic rings. The predicted molar refractivity (Wildman–Crippen MR) is 58.7 cm³/mol. The fraction of sp³-hybridized carbons (Fsp3) is 0.444. The third kappa shape index (κ3) is 3.18. The van der Waals surface area contributed by atoms with Crippen molar-refractivity contribution >= 4 is 37.8 Å². The van der Waals surface area contributed by atoms with E-state index in [1.54, 1.807) is 19.2 Å². The van der Waals surface area contributed by atoms with Gasteiger partial charge in [0.15, 0.2) is 0 Å². The number of hydrogen-bond acceptors (Lipinski definition) is 3. The Hall–Kier alpha value is -0.602. The fourth-order valence-electron chi connectivity index (χ4n) is 0.919. The first-order valence-electron chi connectivity index (χ1n) is 4.43. The van der Waals surface area contributed by atoms with Crippen LogP contribution in [0, 0.1) is 0 Å². The summed E-state index contributed by atoms with van der Waals surface area (Å²) in [6.07, 6.45) is 2.14. The maximum atomic E-state index is 11.1. The van der Waals surface area contributed by atoms with Crippen molar-refractivity contribution < 1.29 is 9.90 Å². The van der Waals surface area contributed by atoms with Gasteiger partial charge in [-0.2, -0.15) is 0 Å². The van der Waals surface area contributed by atoms with E-state index in [4.69, 9.17) is 16.7 Å². The molecule has 0 aliphatic heterocycles. The summed E-state index contributed by atoms with van der Waals surface area (Å²) in [6.45, 7) is 3.61. The number of nitrogens with zero attached hydrogens (tertiary/aromatic N) is 2. The Kier molecular flexibility index (Phi) is 4.11. The molecule has 4 nitrogen and oxygen atoms in total. The SMILES string of the molecule is CCC(C)([As]c1ccnc(Cl)n1)C(=O)O. The average molecular weight is 290 g/mol. The first-order chi connectivity index (χ1) is 6.98. The standard InChI is InChI=1S/C9H11AsClN2O2/c1-3-9(2,7(14)15)10-6-4-5-12-8(11)13-6/h4-5H,3H2,1-2H3,(H,14,15). The molecule has 0 fully saturated rings. The van der Waals surface area contributed by atoms with Gasteiger partial charge in [0.1, 0.15) is 0 Å². The van der Waals surface area contributed by atoms with E-state index >= 15 is 0 Å². The van der Waals surface area contributed by atoms with Crippen molar-refractivity contribution in [2.24, 2.45) is 0 Å². The molecule has 1 N–H and O–H groups in total. The molecule has 0 aliphatic carbocycles. The molecule has 15 heavy (non-hydrogen) atoms. The third-order valence-electron chi connectivity index (χ3n) is 2.12. The second kappa shape index (κ2) is 4.95. The van der Waals surface area contributed by atoms with Crippen LogP contribution in [0.15, 0.2) is 12.3 Å². The predicted octanol–water partition coefficient (Wildman–Crippen LogP) is 1.13. The second-order valence-electron chi connectivity index (χ2n) is 3.23. The zero-order valence-electron chi connectivity index (χ0n) is 8.44. The number of aromatic nitrogens is 2. The molecule has 1 atom stereocenters. The molecule has 0 saturated carbocycles. The van der Waals surface area contributed by atoms with Crippen LogP contribution in [0.4, 0.5) is 0 Å². The summed E-state index contributed by atoms with van der Waals surface area (Å²) in [5.41, 5.74) is 0. The zero-order chi connectivity index (χ0) is 11.5. The van der Waals surface area contributed by atoms with Gasteiger partial charge < -0.3 is 0 Å². The number of aliphatic carboxylic acids is 1. The van der Waals surface area contributed by atoms with Gasteiger partial charge >= 0.3 is 99.7 Å². The summed E-state index contributed by atoms with van der Waals surface area (Å²) in [7, 11) is 0. The van der Waals surface area contributed by atoms with Crippen LogP contribution in [-0.4, -0.2) is 36.8 Å². The molecule has 0 saturated heterocycles. The van der Waals surface area contributed by atoms with Gasteiger partial charge in [-0.05, 0) is 0 Å². The van der Waals surface area contributed by atoms with Gasteiger partial charge in [0.2, 0.25) is 0 Å². The number of rotatable bonds is 4. The normalized spacial score (nSPS) is 15.4. The van der Waals surface area contributed by atoms with Gasteiger partial charge in [-0.3, -0.25) is 0 Å². The van der Waals surface area contributed by atoms with Crippen LogP contribution in [0.5, 0.6) is 0 Å². The van der Waals surface area contributed by atoms with Crippen molar-refractivity contribution in [3.8, 4) is 0 Å². The molecular formula is C9H11AsClN2O2. The molecule has 1 heterocycles. The number of carbonyl (C=O) groups is 1. The summed E-state index contributed by atoms with van der Waals surface area (Å²) >= 11 is 5.09. The molecule has 0 aromatic carbocycles. The molecule has 1 aromatic heterocycles. The molecular weight excluding hydrogens is 278 g/mol. The molecule has 0 amide bonds. The summed E-state index contributed by atoms with van der Waals surface area (Å²) in [4.78, 5) is 18.9. The molecule has 0 bridgehead atoms. The molecule has 0 spiro atoms. The molecule has 1 unspecified atom stereocenters. The number of halogens is 1. The van der Waals surface area contributed by atoms with E-state index in [0.717, 1.165) is 4.48 Å². The van der Waals surface area contributed by atoms with E-state index in [-0.39, 0.29) is 5.28 Å². The van der Waals surface area contributed by atoms with Crippen molar-refractivity contribution in [1.29, 1.82) is 0 Å². The Balaban J connectivity index is 2.89. The summed E-state index contributed by atoms with van der Waals surface area (Å²) < 4.78 is 0.0479. The van der Waals surface area contributed by atoms with Crippen LogP contribution in [0.3, 0.4) is 0 Å². The van der Waals surface area contributed by atoms with Crippen molar-refractivity contribution in [3.63, 3.8) is 0 Å². The van der Waals surface area contributed by atoms with Gasteiger partial charge in [-0.1, -0.05) is 0 Å². The molecule has 81 valence electrons. The van der Waals surface area contributed by atoms with Crippen LogP contribution in [-0.2, 0) is 4.79 Å². The van der Waals surface area contributed by atoms with Gasteiger partial charge in [-0.25, -0.2) is 0 Å². The van der Waals surface area contributed by atoms with E-state index in [1.807, 2.05) is 6.92 Å². The zero-order valence-corrected chi connectivity index (χ0v) is 11.1. The van der Waals surface area contributed by atoms with Crippen molar-refractivity contribution in [1.82, 2.24) is 9.97 Å². The number of carboxylic acids is 1. The van der Waals surface area contributed by atoms with Crippen LogP contribution in [0.25, 0.3) is 0 Å². The van der Waals surface area contributed by atoms with Gasteiger partial charge in [-0.15, -0.1) is 0 Å². The van der Waals surface area contributed by atoms with E-state index in [1.165, 1.54) is 0 Å². The topological polar surface area (TPSA) is 63.1 Å². The van der Waals surface area contributed by atoms with Crippen LogP contribution >= 0.6 is 11.6 Å². The summed E-state index contributed by atoms with van der Waals surface area (Å²) in [6, 6.07) is 1.72. The van der Waals surface area contributed by atoms with Crippen LogP contribution < -0.4 is 4.48 Å². The van der Waals surface area contributed by atoms with Gasteiger partial charge in [0.05, 0.1) is 0 Å². The molecule has 1 radical (unpaired) electrons. The minimum atomic E-state index is -0.778. The molecule has 0 aliphatic rings. The molecule has 6 heteroatoms. The van der Waals surface area contributed by atoms with E-state index < -0.39 is 25.9 Å². The Morgan fingerprint density at radius 2 is 2.40 bits per heavy atom. The Bertz CT molecular complexity index is 375. The van der Waals surface area contributed by atoms with E-state index in [9.17, 15) is 4.79 Å². The third-order valence-corrected chi connectivity index (χ3v) is 5.41. The van der Waals surface area contributed by atoms with Gasteiger partial charge in [0, 0.05) is 0 Å². The van der Waals surface area contributed by atoms with Crippen molar-refractivity contribution in [2.45, 2.75) is 24.5 Å². The van der Waals surface area contributed by atoms with Gasteiger partial charge in [0.25, 0.3) is 0 Å². The van der Waals surface area contributed by atoms with Crippen molar-refractivity contribution in [3.05, 3.63) is 17.5 Å². The van der Waals surface area contributed by atoms with Crippen molar-refractivity contribution in [2.75, 3.05) is 0 Å². The first-order valence-corrected chi connectivity index (χ1v) is 6.68. The fourth-order valence-corrected chi connectivity index (χ4v) is 3.39. The average Bonchev–Trinajstić information content (AvgIpc) is 2.17. The Labute approximate surface area is 99.8 Å². The quantitative estimate of drug-likeness (QED) is 0.667. The Morgan fingerprint density at radius 3 is 2.87 bits per heavy atom. The van der Waals surface area contributed by atoms with E-state index in [0.29, 0.717) is 6.42 Å². The summed E-state index contributed by atoms with van der Waals surface area (Å²) in [5.74, 6) is -0.778. The summed E-state index contributed by atoms with van der Waals surface area (Å²) in [5, 5.41) is 9.28. The minimum absolute atomic E-state index is 0.173. The number of carboxylic acid groups (broad SMARTS) is 1. The van der Waals surface area contributed by atoms with E-state index in [2.05, 4.69) is 9.97 Å². The first kappa shape index (κ1) is 12.5. The maximum absolute atomic E-state index is 11.1. The van der Waals surface area contributed by atoms with Crippen LogP contribution in [0.1, 0.15) is 20.3 Å². The number of hydrogen-bond donors (Lipinski definition) is 1. The second-order valence-corrected chi connectivity index (χ2v) is 7.07. The monoisotopic (exact) mass is 289 g/mol.